The zero-order valence-electron chi connectivity index (χ0n) is 13.0. The summed E-state index contributed by atoms with van der Waals surface area (Å²) in [5, 5.41) is 1.20. The summed E-state index contributed by atoms with van der Waals surface area (Å²) in [5.74, 6) is 0. The predicted octanol–water partition coefficient (Wildman–Crippen LogP) is 2.61. The van der Waals surface area contributed by atoms with Gasteiger partial charge in [0.1, 0.15) is 5.60 Å². The van der Waals surface area contributed by atoms with Gasteiger partial charge in [0.05, 0.1) is 11.6 Å². The van der Waals surface area contributed by atoms with Crippen molar-refractivity contribution in [2.24, 2.45) is 0 Å². The molecule has 2 atom stereocenters. The van der Waals surface area contributed by atoms with Gasteiger partial charge in [0.2, 0.25) is 0 Å². The molecule has 4 heteroatoms. The van der Waals surface area contributed by atoms with Crippen LogP contribution in [0.3, 0.4) is 0 Å². The molecule has 0 aliphatic carbocycles. The molecule has 116 valence electrons. The summed E-state index contributed by atoms with van der Waals surface area (Å²) < 4.78 is 11.8. The topological polar surface area (TPSA) is 34.6 Å². The maximum Gasteiger partial charge on any atom is 0.108 e. The first-order chi connectivity index (χ1) is 10.8. The van der Waals surface area contributed by atoms with E-state index in [1.807, 2.05) is 12.3 Å². The van der Waals surface area contributed by atoms with Gasteiger partial charge in [-0.25, -0.2) is 0 Å². The van der Waals surface area contributed by atoms with Gasteiger partial charge in [-0.3, -0.25) is 9.88 Å². The maximum absolute atomic E-state index is 6.07. The van der Waals surface area contributed by atoms with Crippen molar-refractivity contribution in [3.8, 4) is 0 Å². The van der Waals surface area contributed by atoms with Crippen LogP contribution in [0.1, 0.15) is 18.4 Å². The summed E-state index contributed by atoms with van der Waals surface area (Å²) >= 11 is 0. The van der Waals surface area contributed by atoms with Gasteiger partial charge in [-0.2, -0.15) is 0 Å². The van der Waals surface area contributed by atoms with Crippen LogP contribution in [0.5, 0.6) is 0 Å². The first kappa shape index (κ1) is 14.1. The van der Waals surface area contributed by atoms with E-state index in [1.54, 1.807) is 7.11 Å². The Hall–Kier alpha value is -1.49. The molecular formula is C18H22N2O2. The molecule has 4 nitrogen and oxygen atoms in total. The molecular weight excluding hydrogens is 276 g/mol. The van der Waals surface area contributed by atoms with E-state index in [1.165, 1.54) is 10.9 Å². The number of fused-ring (bicyclic) bond motifs is 1. The lowest BCUT2D eigenvalue weighted by molar-refractivity contribution is -0.0756. The first-order valence-corrected chi connectivity index (χ1v) is 8.02. The van der Waals surface area contributed by atoms with Gasteiger partial charge in [-0.15, -0.1) is 0 Å². The van der Waals surface area contributed by atoms with Crippen LogP contribution in [0, 0.1) is 0 Å². The minimum absolute atomic E-state index is 0.0762. The number of nitrogens with zero attached hydrogens (tertiary/aromatic N) is 2. The molecule has 2 aliphatic heterocycles. The SMILES string of the molecule is CO[C@H]1CN(Cc2ccc3ncccc3c2)C[C@@]12CCCO2. The highest BCUT2D eigenvalue weighted by Gasteiger charge is 2.49. The molecule has 0 radical (unpaired) electrons. The molecule has 1 aromatic heterocycles. The van der Waals surface area contributed by atoms with E-state index in [-0.39, 0.29) is 11.7 Å². The second kappa shape index (κ2) is 5.61. The highest BCUT2D eigenvalue weighted by atomic mass is 16.6. The van der Waals surface area contributed by atoms with Crippen LogP contribution >= 0.6 is 0 Å². The molecule has 4 rings (SSSR count). The van der Waals surface area contributed by atoms with Gasteiger partial charge in [0, 0.05) is 44.9 Å². The van der Waals surface area contributed by atoms with E-state index in [0.29, 0.717) is 0 Å². The van der Waals surface area contributed by atoms with Crippen LogP contribution in [-0.4, -0.2) is 48.4 Å². The standard InChI is InChI=1S/C18H22N2O2/c1-21-17-12-20(13-18(17)7-3-9-22-18)11-14-5-6-16-15(10-14)4-2-8-19-16/h2,4-6,8,10,17H,3,7,9,11-13H2,1H3/t17-,18-/m0/s1. The highest BCUT2D eigenvalue weighted by molar-refractivity contribution is 5.78. The van der Waals surface area contributed by atoms with Crippen molar-refractivity contribution in [2.75, 3.05) is 26.8 Å². The fraction of sp³-hybridized carbons (Fsp3) is 0.500. The number of ether oxygens (including phenoxy) is 2. The Morgan fingerprint density at radius 3 is 3.18 bits per heavy atom. The minimum Gasteiger partial charge on any atom is -0.377 e. The van der Waals surface area contributed by atoms with Crippen molar-refractivity contribution in [3.05, 3.63) is 42.1 Å². The van der Waals surface area contributed by atoms with E-state index in [2.05, 4.69) is 34.1 Å². The molecule has 3 heterocycles. The van der Waals surface area contributed by atoms with Crippen molar-refractivity contribution in [1.29, 1.82) is 0 Å². The monoisotopic (exact) mass is 298 g/mol. The molecule has 1 aromatic carbocycles. The van der Waals surface area contributed by atoms with Gasteiger partial charge in [0.25, 0.3) is 0 Å². The summed E-state index contributed by atoms with van der Waals surface area (Å²) in [4.78, 5) is 6.84. The molecule has 0 unspecified atom stereocenters. The number of hydrogen-bond acceptors (Lipinski definition) is 4. The Bertz CT molecular complexity index is 667. The third-order valence-electron chi connectivity index (χ3n) is 4.99. The van der Waals surface area contributed by atoms with Crippen molar-refractivity contribution < 1.29 is 9.47 Å². The number of methoxy groups -OCH3 is 1. The molecule has 0 saturated carbocycles. The molecule has 0 amide bonds. The second-order valence-corrected chi connectivity index (χ2v) is 6.44. The minimum atomic E-state index is -0.0762. The molecule has 1 spiro atoms. The van der Waals surface area contributed by atoms with Gasteiger partial charge in [-0.05, 0) is 36.6 Å². The Balaban J connectivity index is 1.53. The average Bonchev–Trinajstić information content (AvgIpc) is 3.15. The second-order valence-electron chi connectivity index (χ2n) is 6.44. The van der Waals surface area contributed by atoms with Crippen molar-refractivity contribution in [3.63, 3.8) is 0 Å². The van der Waals surface area contributed by atoms with Crippen molar-refractivity contribution >= 4 is 10.9 Å². The number of benzene rings is 1. The normalized spacial score (nSPS) is 28.9. The van der Waals surface area contributed by atoms with Gasteiger partial charge < -0.3 is 9.47 Å². The van der Waals surface area contributed by atoms with Crippen molar-refractivity contribution in [2.45, 2.75) is 31.1 Å². The van der Waals surface area contributed by atoms with Crippen molar-refractivity contribution in [1.82, 2.24) is 9.88 Å². The maximum atomic E-state index is 6.07. The summed E-state index contributed by atoms with van der Waals surface area (Å²) in [6.45, 7) is 3.73. The van der Waals surface area contributed by atoms with E-state index < -0.39 is 0 Å². The average molecular weight is 298 g/mol. The van der Waals surface area contributed by atoms with Crippen LogP contribution in [0.25, 0.3) is 10.9 Å². The number of rotatable bonds is 3. The van der Waals surface area contributed by atoms with Crippen LogP contribution in [0.4, 0.5) is 0 Å². The molecule has 0 bridgehead atoms. The Morgan fingerprint density at radius 1 is 1.41 bits per heavy atom. The Labute approximate surface area is 131 Å². The largest absolute Gasteiger partial charge is 0.377 e. The third-order valence-corrected chi connectivity index (χ3v) is 4.99. The van der Waals surface area contributed by atoms with Crippen LogP contribution in [0.2, 0.25) is 0 Å². The summed E-state index contributed by atoms with van der Waals surface area (Å²) in [6.07, 6.45) is 4.29. The lowest BCUT2D eigenvalue weighted by Crippen LogP contribution is -2.41. The van der Waals surface area contributed by atoms with E-state index in [9.17, 15) is 0 Å². The van der Waals surface area contributed by atoms with E-state index >= 15 is 0 Å². The van der Waals surface area contributed by atoms with Crippen LogP contribution < -0.4 is 0 Å². The molecule has 22 heavy (non-hydrogen) atoms. The zero-order valence-corrected chi connectivity index (χ0v) is 13.0. The Morgan fingerprint density at radius 2 is 2.36 bits per heavy atom. The summed E-state index contributed by atoms with van der Waals surface area (Å²) in [5.41, 5.74) is 2.30. The van der Waals surface area contributed by atoms with Crippen LogP contribution in [-0.2, 0) is 16.0 Å². The number of likely N-dealkylation sites (tertiary alicyclic amines) is 1. The van der Waals surface area contributed by atoms with Gasteiger partial charge in [0.15, 0.2) is 0 Å². The number of aromatic nitrogens is 1. The summed E-state index contributed by atoms with van der Waals surface area (Å²) in [6, 6.07) is 10.6. The van der Waals surface area contributed by atoms with Gasteiger partial charge >= 0.3 is 0 Å². The fourth-order valence-corrected chi connectivity index (χ4v) is 3.93. The number of hydrogen-bond donors (Lipinski definition) is 0. The lowest BCUT2D eigenvalue weighted by Gasteiger charge is -2.28. The van der Waals surface area contributed by atoms with Gasteiger partial charge in [-0.1, -0.05) is 12.1 Å². The first-order valence-electron chi connectivity index (χ1n) is 8.02. The molecule has 2 fully saturated rings. The predicted molar refractivity (Wildman–Crippen MR) is 85.7 cm³/mol. The molecule has 2 aliphatic rings. The molecule has 2 saturated heterocycles. The zero-order chi connectivity index (χ0) is 15.0. The quantitative estimate of drug-likeness (QED) is 0.872. The smallest absolute Gasteiger partial charge is 0.108 e. The Kier molecular flexibility index (Phi) is 3.60. The van der Waals surface area contributed by atoms with E-state index in [0.717, 1.165) is 44.6 Å². The van der Waals surface area contributed by atoms with E-state index in [4.69, 9.17) is 9.47 Å². The highest BCUT2D eigenvalue weighted by Crippen LogP contribution is 2.37. The molecule has 0 N–H and O–H groups in total. The summed E-state index contributed by atoms with van der Waals surface area (Å²) in [7, 11) is 1.80. The third kappa shape index (κ3) is 2.41. The lowest BCUT2D eigenvalue weighted by atomic mass is 9.96. The number of pyridine rings is 1. The fourth-order valence-electron chi connectivity index (χ4n) is 3.93. The van der Waals surface area contributed by atoms with Crippen LogP contribution in [0.15, 0.2) is 36.5 Å². The molecule has 2 aromatic rings.